The van der Waals surface area contributed by atoms with E-state index in [0.717, 1.165) is 31.4 Å². The molecule has 0 saturated carbocycles. The zero-order valence-electron chi connectivity index (χ0n) is 16.0. The van der Waals surface area contributed by atoms with Crippen molar-refractivity contribution in [2.24, 2.45) is 5.73 Å². The lowest BCUT2D eigenvalue weighted by Gasteiger charge is -2.27. The van der Waals surface area contributed by atoms with E-state index in [9.17, 15) is 17.6 Å². The maximum Gasteiger partial charge on any atom is 0.264 e. The molecule has 156 valence electrons. The molecule has 1 saturated heterocycles. The molecule has 5 N–H and O–H groups in total. The Morgan fingerprint density at radius 3 is 2.48 bits per heavy atom. The van der Waals surface area contributed by atoms with Crippen molar-refractivity contribution in [1.82, 2.24) is 4.90 Å². The number of likely N-dealkylation sites (tertiary alicyclic amines) is 1. The molecule has 1 aromatic rings. The van der Waals surface area contributed by atoms with Gasteiger partial charge in [0.1, 0.15) is 10.7 Å². The van der Waals surface area contributed by atoms with Crippen LogP contribution in [-0.4, -0.2) is 50.8 Å². The molecule has 1 amide bonds. The van der Waals surface area contributed by atoms with Gasteiger partial charge in [-0.25, -0.2) is 12.8 Å². The van der Waals surface area contributed by atoms with Crippen LogP contribution in [0.5, 0.6) is 0 Å². The second-order valence-corrected chi connectivity index (χ2v) is 7.98. The second kappa shape index (κ2) is 9.57. The Morgan fingerprint density at radius 2 is 1.83 bits per heavy atom. The first kappa shape index (κ1) is 22.4. The van der Waals surface area contributed by atoms with Gasteiger partial charge in [-0.15, -0.1) is 0 Å². The Kier molecular flexibility index (Phi) is 7.40. The largest absolute Gasteiger partial charge is 0.339 e. The van der Waals surface area contributed by atoms with Crippen molar-refractivity contribution in [2.45, 2.75) is 19.3 Å². The van der Waals surface area contributed by atoms with Gasteiger partial charge in [0.25, 0.3) is 15.9 Å². The number of hydrogen-bond donors (Lipinski definition) is 4. The highest BCUT2D eigenvalue weighted by Gasteiger charge is 2.28. The SMILES string of the molecule is CN.N=C1C=CC=C(S(=O)(=O)Nc2cc(F)ccc2C(=O)N2CCCCC2)C1=N. The van der Waals surface area contributed by atoms with Gasteiger partial charge in [0, 0.05) is 13.1 Å². The molecule has 3 rings (SSSR count). The number of hydrogen-bond acceptors (Lipinski definition) is 6. The van der Waals surface area contributed by atoms with Crippen LogP contribution in [0.2, 0.25) is 0 Å². The molecule has 8 nitrogen and oxygen atoms in total. The molecular formula is C19H24FN5O3S. The summed E-state index contributed by atoms with van der Waals surface area (Å²) in [6, 6.07) is 3.31. The fourth-order valence-corrected chi connectivity index (χ4v) is 4.21. The standard InChI is InChI=1S/C18H19FN4O3S.CH5N/c19-12-7-8-13(18(24)23-9-2-1-3-10-23)15(11-12)22-27(25,26)16-6-4-5-14(20)17(16)21;1-2/h4-8,11,20-22H,1-3,9-10H2;2H2,1H3. The highest BCUT2D eigenvalue weighted by Crippen LogP contribution is 2.25. The molecule has 0 radical (unpaired) electrons. The van der Waals surface area contributed by atoms with Crippen molar-refractivity contribution < 1.29 is 17.6 Å². The number of halogens is 1. The maximum absolute atomic E-state index is 13.7. The number of carbonyl (C=O) groups is 1. The summed E-state index contributed by atoms with van der Waals surface area (Å²) in [7, 11) is -2.76. The van der Waals surface area contributed by atoms with Gasteiger partial charge in [0.15, 0.2) is 0 Å². The van der Waals surface area contributed by atoms with E-state index < -0.39 is 26.5 Å². The van der Waals surface area contributed by atoms with Crippen LogP contribution in [0, 0.1) is 16.6 Å². The quantitative estimate of drug-likeness (QED) is 0.554. The highest BCUT2D eigenvalue weighted by molar-refractivity contribution is 7.97. The Balaban J connectivity index is 0.00000145. The predicted molar refractivity (Wildman–Crippen MR) is 111 cm³/mol. The Hall–Kier alpha value is -2.85. The first-order valence-electron chi connectivity index (χ1n) is 9.05. The first-order valence-corrected chi connectivity index (χ1v) is 10.5. The molecule has 1 aliphatic heterocycles. The summed E-state index contributed by atoms with van der Waals surface area (Å²) in [4.78, 5) is 14.0. The molecule has 1 fully saturated rings. The van der Waals surface area contributed by atoms with Gasteiger partial charge < -0.3 is 10.6 Å². The van der Waals surface area contributed by atoms with Crippen LogP contribution < -0.4 is 10.5 Å². The average Bonchev–Trinajstić information content (AvgIpc) is 2.71. The first-order chi connectivity index (χ1) is 13.8. The van der Waals surface area contributed by atoms with Crippen LogP contribution in [-0.2, 0) is 10.0 Å². The van der Waals surface area contributed by atoms with Gasteiger partial charge in [0.05, 0.1) is 22.7 Å². The summed E-state index contributed by atoms with van der Waals surface area (Å²) in [5.74, 6) is -1.06. The molecule has 1 aliphatic carbocycles. The van der Waals surface area contributed by atoms with Crippen molar-refractivity contribution in [3.63, 3.8) is 0 Å². The zero-order chi connectivity index (χ0) is 21.6. The molecule has 29 heavy (non-hydrogen) atoms. The normalized spacial score (nSPS) is 16.7. The molecule has 1 heterocycles. The smallest absolute Gasteiger partial charge is 0.264 e. The fraction of sp³-hybridized carbons (Fsp3) is 0.316. The number of nitrogens with one attached hydrogen (secondary N) is 3. The van der Waals surface area contributed by atoms with Crippen LogP contribution in [0.1, 0.15) is 29.6 Å². The van der Waals surface area contributed by atoms with E-state index in [-0.39, 0.29) is 22.9 Å². The summed E-state index contributed by atoms with van der Waals surface area (Å²) in [6.45, 7) is 1.14. The molecule has 2 aliphatic rings. The number of nitrogens with zero attached hydrogens (tertiary/aromatic N) is 1. The molecular weight excluding hydrogens is 397 g/mol. The van der Waals surface area contributed by atoms with E-state index in [1.807, 2.05) is 0 Å². The minimum atomic E-state index is -4.26. The maximum atomic E-state index is 13.7. The number of sulfonamides is 1. The van der Waals surface area contributed by atoms with E-state index in [1.165, 1.54) is 31.3 Å². The van der Waals surface area contributed by atoms with E-state index in [1.54, 1.807) is 4.90 Å². The number of carbonyl (C=O) groups excluding carboxylic acids is 1. The van der Waals surface area contributed by atoms with Gasteiger partial charge in [-0.3, -0.25) is 20.3 Å². The van der Waals surface area contributed by atoms with Crippen molar-refractivity contribution in [2.75, 3.05) is 24.9 Å². The average molecular weight is 421 g/mol. The molecule has 1 aromatic carbocycles. The second-order valence-electron chi connectivity index (χ2n) is 6.33. The van der Waals surface area contributed by atoms with Crippen LogP contribution in [0.15, 0.2) is 41.3 Å². The monoisotopic (exact) mass is 421 g/mol. The Morgan fingerprint density at radius 1 is 1.17 bits per heavy atom. The van der Waals surface area contributed by atoms with Crippen LogP contribution in [0.4, 0.5) is 10.1 Å². The van der Waals surface area contributed by atoms with Gasteiger partial charge in [-0.05, 0) is 56.7 Å². The van der Waals surface area contributed by atoms with Crippen molar-refractivity contribution in [3.05, 3.63) is 52.7 Å². The summed E-state index contributed by atoms with van der Waals surface area (Å²) in [6.07, 6.45) is 6.60. The number of rotatable bonds is 4. The fourth-order valence-electron chi connectivity index (χ4n) is 3.01. The lowest BCUT2D eigenvalue weighted by atomic mass is 10.1. The zero-order valence-corrected chi connectivity index (χ0v) is 16.9. The number of nitrogens with two attached hydrogens (primary N) is 1. The topological polar surface area (TPSA) is 140 Å². The lowest BCUT2D eigenvalue weighted by Crippen LogP contribution is -2.36. The number of anilines is 1. The van der Waals surface area contributed by atoms with Gasteiger partial charge >= 0.3 is 0 Å². The van der Waals surface area contributed by atoms with Crippen molar-refractivity contribution in [3.8, 4) is 0 Å². The van der Waals surface area contributed by atoms with E-state index in [4.69, 9.17) is 10.8 Å². The van der Waals surface area contributed by atoms with Crippen LogP contribution >= 0.6 is 0 Å². The number of benzene rings is 1. The summed E-state index contributed by atoms with van der Waals surface area (Å²) in [5.41, 5.74) is 3.66. The summed E-state index contributed by atoms with van der Waals surface area (Å²) >= 11 is 0. The predicted octanol–water partition coefficient (Wildman–Crippen LogP) is 2.26. The molecule has 10 heteroatoms. The molecule has 0 aromatic heterocycles. The Labute approximate surface area is 169 Å². The van der Waals surface area contributed by atoms with E-state index >= 15 is 0 Å². The van der Waals surface area contributed by atoms with E-state index in [2.05, 4.69) is 10.5 Å². The van der Waals surface area contributed by atoms with Gasteiger partial charge in [-0.2, -0.15) is 0 Å². The van der Waals surface area contributed by atoms with Crippen LogP contribution in [0.3, 0.4) is 0 Å². The van der Waals surface area contributed by atoms with E-state index in [0.29, 0.717) is 13.1 Å². The molecule has 0 atom stereocenters. The van der Waals surface area contributed by atoms with Crippen molar-refractivity contribution >= 4 is 33.0 Å². The number of allylic oxidation sites excluding steroid dienone is 4. The Bertz CT molecular complexity index is 980. The molecule has 0 bridgehead atoms. The summed E-state index contributed by atoms with van der Waals surface area (Å²) in [5, 5.41) is 15.4. The third-order valence-electron chi connectivity index (χ3n) is 4.42. The minimum Gasteiger partial charge on any atom is -0.339 e. The van der Waals surface area contributed by atoms with Gasteiger partial charge in [-0.1, -0.05) is 6.08 Å². The third kappa shape index (κ3) is 5.15. The van der Waals surface area contributed by atoms with Crippen molar-refractivity contribution in [1.29, 1.82) is 10.8 Å². The third-order valence-corrected chi connectivity index (χ3v) is 5.82. The van der Waals surface area contributed by atoms with Gasteiger partial charge in [0.2, 0.25) is 0 Å². The number of piperidine rings is 1. The molecule has 0 unspecified atom stereocenters. The summed E-state index contributed by atoms with van der Waals surface area (Å²) < 4.78 is 41.3. The minimum absolute atomic E-state index is 0.0513. The number of amides is 1. The lowest BCUT2D eigenvalue weighted by molar-refractivity contribution is 0.0725. The highest BCUT2D eigenvalue weighted by atomic mass is 32.2. The van der Waals surface area contributed by atoms with Crippen LogP contribution in [0.25, 0.3) is 0 Å². The molecule has 0 spiro atoms.